The smallest absolute Gasteiger partial charge is 0.123 e. The lowest BCUT2D eigenvalue weighted by molar-refractivity contribution is -0.115. The van der Waals surface area contributed by atoms with Crippen molar-refractivity contribution in [3.05, 3.63) is 11.6 Å². The Morgan fingerprint density at radius 2 is 1.92 bits per heavy atom. The number of rotatable bonds is 2. The Hall–Kier alpha value is -0.630. The van der Waals surface area contributed by atoms with Gasteiger partial charge in [0.2, 0.25) is 0 Å². The minimum atomic E-state index is -0.206. The van der Waals surface area contributed by atoms with Crippen LogP contribution >= 0.6 is 0 Å². The first-order valence-electron chi connectivity index (χ1n) is 10.2. The van der Waals surface area contributed by atoms with E-state index in [0.717, 1.165) is 24.2 Å². The fraction of sp³-hybridized carbons (Fsp3) is 0.864. The lowest BCUT2D eigenvalue weighted by Gasteiger charge is -2.58. The molecule has 24 heavy (non-hydrogen) atoms. The Balaban J connectivity index is 1.63. The van der Waals surface area contributed by atoms with E-state index in [1.165, 1.54) is 51.2 Å². The fourth-order valence-electron chi connectivity index (χ4n) is 7.71. The number of aldehydes is 1. The summed E-state index contributed by atoms with van der Waals surface area (Å²) in [5, 5.41) is 10.1. The van der Waals surface area contributed by atoms with Gasteiger partial charge in [-0.25, -0.2) is 0 Å². The van der Waals surface area contributed by atoms with E-state index in [4.69, 9.17) is 0 Å². The van der Waals surface area contributed by atoms with E-state index in [1.807, 2.05) is 0 Å². The number of carbonyl (C=O) groups is 1. The molecular weight excluding hydrogens is 296 g/mol. The van der Waals surface area contributed by atoms with Crippen LogP contribution in [0, 0.1) is 40.4 Å². The maximum absolute atomic E-state index is 11.4. The Kier molecular flexibility index (Phi) is 3.99. The molecule has 134 valence electrons. The highest BCUT2D eigenvalue weighted by Crippen LogP contribution is 2.67. The van der Waals surface area contributed by atoms with E-state index in [1.54, 1.807) is 5.57 Å². The minimum absolute atomic E-state index is 0.206. The van der Waals surface area contributed by atoms with Crippen molar-refractivity contribution in [3.63, 3.8) is 0 Å². The molecule has 4 aliphatic carbocycles. The van der Waals surface area contributed by atoms with Crippen LogP contribution in [0.3, 0.4) is 0 Å². The van der Waals surface area contributed by atoms with Crippen LogP contribution in [0.25, 0.3) is 0 Å². The SMILES string of the molecule is CC(C=O)C1CCC2C3CCC4=CC(O)CCC4(C)C3CC[C@]12C. The van der Waals surface area contributed by atoms with E-state index in [9.17, 15) is 9.90 Å². The highest BCUT2D eigenvalue weighted by Gasteiger charge is 2.59. The van der Waals surface area contributed by atoms with Gasteiger partial charge in [0, 0.05) is 5.92 Å². The summed E-state index contributed by atoms with van der Waals surface area (Å²) in [6, 6.07) is 0. The summed E-state index contributed by atoms with van der Waals surface area (Å²) in [6.07, 6.45) is 13.0. The standard InChI is InChI=1S/C22H34O2/c1-14(13-23)18-6-7-19-17-5-4-15-12-16(24)8-10-21(15,2)20(17)9-11-22(18,19)3/h12-14,16-20,24H,4-11H2,1-3H3/t14?,16?,17?,18?,19?,20?,21?,22-/m1/s1. The van der Waals surface area contributed by atoms with Crippen molar-refractivity contribution < 1.29 is 9.90 Å². The normalized spacial score (nSPS) is 51.8. The van der Waals surface area contributed by atoms with E-state index in [-0.39, 0.29) is 12.0 Å². The molecule has 2 heteroatoms. The first kappa shape index (κ1) is 16.8. The molecule has 0 saturated heterocycles. The minimum Gasteiger partial charge on any atom is -0.389 e. The second kappa shape index (κ2) is 5.69. The predicted molar refractivity (Wildman–Crippen MR) is 96.4 cm³/mol. The number of carbonyl (C=O) groups excluding carboxylic acids is 1. The summed E-state index contributed by atoms with van der Waals surface area (Å²) in [5.74, 6) is 3.27. The molecule has 4 rings (SSSR count). The van der Waals surface area contributed by atoms with Gasteiger partial charge in [0.05, 0.1) is 6.10 Å². The molecular formula is C22H34O2. The fourth-order valence-corrected chi connectivity index (χ4v) is 7.71. The van der Waals surface area contributed by atoms with Gasteiger partial charge in [0.15, 0.2) is 0 Å². The van der Waals surface area contributed by atoms with E-state index in [2.05, 4.69) is 26.8 Å². The Morgan fingerprint density at radius 1 is 1.12 bits per heavy atom. The molecule has 0 amide bonds. The quantitative estimate of drug-likeness (QED) is 0.585. The van der Waals surface area contributed by atoms with Gasteiger partial charge < -0.3 is 9.90 Å². The van der Waals surface area contributed by atoms with Crippen molar-refractivity contribution in [2.45, 2.75) is 78.2 Å². The third kappa shape index (κ3) is 2.21. The molecule has 3 saturated carbocycles. The molecule has 0 bridgehead atoms. The molecule has 8 atom stereocenters. The number of aliphatic hydroxyl groups excluding tert-OH is 1. The van der Waals surface area contributed by atoms with Crippen LogP contribution < -0.4 is 0 Å². The number of allylic oxidation sites excluding steroid dienone is 1. The average molecular weight is 331 g/mol. The molecule has 0 aromatic carbocycles. The molecule has 1 N–H and O–H groups in total. The largest absolute Gasteiger partial charge is 0.389 e. The van der Waals surface area contributed by atoms with Gasteiger partial charge in [-0.05, 0) is 85.9 Å². The molecule has 3 fully saturated rings. The van der Waals surface area contributed by atoms with Crippen molar-refractivity contribution in [1.29, 1.82) is 0 Å². The Morgan fingerprint density at radius 3 is 2.67 bits per heavy atom. The molecule has 0 radical (unpaired) electrons. The van der Waals surface area contributed by atoms with E-state index in [0.29, 0.717) is 16.7 Å². The van der Waals surface area contributed by atoms with Crippen molar-refractivity contribution in [1.82, 2.24) is 0 Å². The summed E-state index contributed by atoms with van der Waals surface area (Å²) in [5.41, 5.74) is 2.27. The zero-order valence-electron chi connectivity index (χ0n) is 15.6. The molecule has 7 unspecified atom stereocenters. The van der Waals surface area contributed by atoms with Gasteiger partial charge in [0.1, 0.15) is 6.29 Å². The Labute approximate surface area is 147 Å². The first-order valence-corrected chi connectivity index (χ1v) is 10.2. The molecule has 0 spiro atoms. The van der Waals surface area contributed by atoms with Gasteiger partial charge in [-0.15, -0.1) is 0 Å². The first-order chi connectivity index (χ1) is 11.4. The predicted octanol–water partition coefficient (Wildman–Crippen LogP) is 4.76. The van der Waals surface area contributed by atoms with Gasteiger partial charge in [-0.2, -0.15) is 0 Å². The lowest BCUT2D eigenvalue weighted by atomic mass is 9.46. The highest BCUT2D eigenvalue weighted by atomic mass is 16.3. The lowest BCUT2D eigenvalue weighted by Crippen LogP contribution is -2.51. The van der Waals surface area contributed by atoms with Crippen molar-refractivity contribution >= 4 is 6.29 Å². The van der Waals surface area contributed by atoms with Gasteiger partial charge >= 0.3 is 0 Å². The van der Waals surface area contributed by atoms with Crippen molar-refractivity contribution in [2.24, 2.45) is 40.4 Å². The van der Waals surface area contributed by atoms with Crippen molar-refractivity contribution in [2.75, 3.05) is 0 Å². The van der Waals surface area contributed by atoms with Crippen LogP contribution in [0.4, 0.5) is 0 Å². The van der Waals surface area contributed by atoms with Gasteiger partial charge in [0.25, 0.3) is 0 Å². The summed E-state index contributed by atoms with van der Waals surface area (Å²) in [7, 11) is 0. The van der Waals surface area contributed by atoms with Crippen LogP contribution in [-0.2, 0) is 4.79 Å². The third-order valence-corrected chi connectivity index (χ3v) is 9.01. The van der Waals surface area contributed by atoms with Crippen molar-refractivity contribution in [3.8, 4) is 0 Å². The van der Waals surface area contributed by atoms with Crippen LogP contribution in [0.1, 0.15) is 72.1 Å². The number of aliphatic hydroxyl groups is 1. The third-order valence-electron chi connectivity index (χ3n) is 9.01. The number of hydrogen-bond donors (Lipinski definition) is 1. The zero-order valence-corrected chi connectivity index (χ0v) is 15.6. The topological polar surface area (TPSA) is 37.3 Å². The van der Waals surface area contributed by atoms with Crippen LogP contribution in [0.15, 0.2) is 11.6 Å². The molecule has 0 aromatic rings. The van der Waals surface area contributed by atoms with Crippen LogP contribution in [-0.4, -0.2) is 17.5 Å². The Bertz CT molecular complexity index is 552. The maximum atomic E-state index is 11.4. The summed E-state index contributed by atoms with van der Waals surface area (Å²) in [4.78, 5) is 11.4. The monoisotopic (exact) mass is 330 g/mol. The van der Waals surface area contributed by atoms with Crippen LogP contribution in [0.2, 0.25) is 0 Å². The second-order valence-corrected chi connectivity index (χ2v) is 9.85. The zero-order chi connectivity index (χ0) is 17.1. The van der Waals surface area contributed by atoms with Gasteiger partial charge in [-0.3, -0.25) is 0 Å². The number of hydrogen-bond acceptors (Lipinski definition) is 2. The molecule has 0 aliphatic heterocycles. The van der Waals surface area contributed by atoms with E-state index >= 15 is 0 Å². The second-order valence-electron chi connectivity index (χ2n) is 9.85. The summed E-state index contributed by atoms with van der Waals surface area (Å²) >= 11 is 0. The van der Waals surface area contributed by atoms with Gasteiger partial charge in [-0.1, -0.05) is 32.4 Å². The molecule has 4 aliphatic rings. The molecule has 0 aromatic heterocycles. The van der Waals surface area contributed by atoms with Crippen LogP contribution in [0.5, 0.6) is 0 Å². The highest BCUT2D eigenvalue weighted by molar-refractivity contribution is 5.53. The molecule has 2 nitrogen and oxygen atoms in total. The summed E-state index contributed by atoms with van der Waals surface area (Å²) in [6.45, 7) is 7.14. The molecule has 0 heterocycles. The average Bonchev–Trinajstić information content (AvgIpc) is 2.92. The summed E-state index contributed by atoms with van der Waals surface area (Å²) < 4.78 is 0. The maximum Gasteiger partial charge on any atom is 0.123 e. The van der Waals surface area contributed by atoms with E-state index < -0.39 is 0 Å². The number of fused-ring (bicyclic) bond motifs is 5.